The number of benzene rings is 1. The number of nitrogens with zero attached hydrogens (tertiary/aromatic N) is 2. The van der Waals surface area contributed by atoms with E-state index < -0.39 is 0 Å². The van der Waals surface area contributed by atoms with Crippen molar-refractivity contribution in [2.75, 3.05) is 12.0 Å². The van der Waals surface area contributed by atoms with Crippen molar-refractivity contribution in [1.29, 1.82) is 0 Å². The fraction of sp³-hybridized carbons (Fsp3) is 0.286. The molecular weight excluding hydrogens is 310 g/mol. The molecule has 5 nitrogen and oxygen atoms in total. The van der Waals surface area contributed by atoms with Gasteiger partial charge in [-0.3, -0.25) is 4.79 Å². The van der Waals surface area contributed by atoms with Gasteiger partial charge in [-0.2, -0.15) is 16.9 Å². The largest absolute Gasteiger partial charge is 0.493 e. The van der Waals surface area contributed by atoms with Gasteiger partial charge in [-0.1, -0.05) is 11.6 Å². The maximum absolute atomic E-state index is 12.7. The molecule has 0 unspecified atom stereocenters. The van der Waals surface area contributed by atoms with Gasteiger partial charge in [0.25, 0.3) is 0 Å². The molecule has 0 bridgehead atoms. The molecule has 1 aromatic heterocycles. The summed E-state index contributed by atoms with van der Waals surface area (Å²) < 4.78 is 1.27. The molecule has 7 heteroatoms. The number of aryl methyl sites for hydroxylation is 2. The second kappa shape index (κ2) is 5.99. The normalized spacial score (nSPS) is 10.9. The minimum absolute atomic E-state index is 0.152. The second-order valence-electron chi connectivity index (χ2n) is 4.66. The van der Waals surface area contributed by atoms with E-state index in [-0.39, 0.29) is 17.2 Å². The second-order valence-corrected chi connectivity index (χ2v) is 5.93. The standard InChI is InChI=1S/C14H16ClN3O2S/c1-7-11(14(20)18(2)17-7)13(19)8-4-5-10(15)12(16)9(8)6-21-3/h4-5,20H,6,16H2,1-3H3. The Bertz CT molecular complexity index is 713. The molecule has 0 saturated heterocycles. The Hall–Kier alpha value is -1.66. The molecule has 1 heterocycles. The summed E-state index contributed by atoms with van der Waals surface area (Å²) in [6.45, 7) is 1.68. The van der Waals surface area contributed by atoms with Gasteiger partial charge in [0, 0.05) is 18.4 Å². The summed E-state index contributed by atoms with van der Waals surface area (Å²) in [4.78, 5) is 12.7. The third-order valence-corrected chi connectivity index (χ3v) is 4.16. The Labute approximate surface area is 132 Å². The number of anilines is 1. The maximum Gasteiger partial charge on any atom is 0.220 e. The molecule has 0 spiro atoms. The lowest BCUT2D eigenvalue weighted by Gasteiger charge is -2.12. The van der Waals surface area contributed by atoms with Crippen LogP contribution in [0.5, 0.6) is 5.88 Å². The molecule has 0 atom stereocenters. The summed E-state index contributed by atoms with van der Waals surface area (Å²) in [7, 11) is 1.58. The van der Waals surface area contributed by atoms with Crippen molar-refractivity contribution in [1.82, 2.24) is 9.78 Å². The van der Waals surface area contributed by atoms with Gasteiger partial charge in [0.1, 0.15) is 5.56 Å². The van der Waals surface area contributed by atoms with E-state index in [0.29, 0.717) is 33.3 Å². The van der Waals surface area contributed by atoms with E-state index in [4.69, 9.17) is 17.3 Å². The first-order valence-corrected chi connectivity index (χ1v) is 7.98. The van der Waals surface area contributed by atoms with E-state index in [0.717, 1.165) is 0 Å². The van der Waals surface area contributed by atoms with Gasteiger partial charge in [-0.05, 0) is 30.9 Å². The average molecular weight is 326 g/mol. The molecule has 0 aliphatic heterocycles. The highest BCUT2D eigenvalue weighted by Crippen LogP contribution is 2.32. The van der Waals surface area contributed by atoms with Crippen LogP contribution in [0.15, 0.2) is 12.1 Å². The lowest BCUT2D eigenvalue weighted by atomic mass is 9.98. The first-order chi connectivity index (χ1) is 9.88. The van der Waals surface area contributed by atoms with Crippen LogP contribution in [-0.4, -0.2) is 26.9 Å². The van der Waals surface area contributed by atoms with Crippen LogP contribution in [0.3, 0.4) is 0 Å². The summed E-state index contributed by atoms with van der Waals surface area (Å²) in [5, 5.41) is 14.5. The summed E-state index contributed by atoms with van der Waals surface area (Å²) in [6, 6.07) is 3.23. The molecule has 0 fully saturated rings. The molecule has 1 aromatic carbocycles. The summed E-state index contributed by atoms with van der Waals surface area (Å²) in [5.41, 5.74) is 8.18. The zero-order chi connectivity index (χ0) is 15.7. The number of hydrogen-bond donors (Lipinski definition) is 2. The van der Waals surface area contributed by atoms with E-state index in [2.05, 4.69) is 5.10 Å². The monoisotopic (exact) mass is 325 g/mol. The molecule has 0 amide bonds. The van der Waals surface area contributed by atoms with E-state index in [9.17, 15) is 9.90 Å². The summed E-state index contributed by atoms with van der Waals surface area (Å²) in [6.07, 6.45) is 1.92. The molecule has 0 aliphatic rings. The Balaban J connectivity index is 2.61. The number of aromatic nitrogens is 2. The zero-order valence-electron chi connectivity index (χ0n) is 12.0. The number of nitrogens with two attached hydrogens (primary N) is 1. The highest BCUT2D eigenvalue weighted by atomic mass is 35.5. The van der Waals surface area contributed by atoms with E-state index >= 15 is 0 Å². The van der Waals surface area contributed by atoms with Gasteiger partial charge in [0.05, 0.1) is 16.4 Å². The minimum Gasteiger partial charge on any atom is -0.493 e. The molecule has 112 valence electrons. The number of rotatable bonds is 4. The maximum atomic E-state index is 12.7. The fourth-order valence-corrected chi connectivity index (χ4v) is 2.97. The van der Waals surface area contributed by atoms with Crippen LogP contribution in [0.1, 0.15) is 27.2 Å². The topological polar surface area (TPSA) is 81.1 Å². The number of carbonyl (C=O) groups excluding carboxylic acids is 1. The predicted octanol–water partition coefficient (Wildman–Crippen LogP) is 2.76. The summed E-state index contributed by atoms with van der Waals surface area (Å²) >= 11 is 7.57. The van der Waals surface area contributed by atoms with Gasteiger partial charge in [-0.25, -0.2) is 4.68 Å². The third kappa shape index (κ3) is 2.73. The molecule has 21 heavy (non-hydrogen) atoms. The Morgan fingerprint density at radius 1 is 1.52 bits per heavy atom. The number of ketones is 1. The van der Waals surface area contributed by atoms with Crippen LogP contribution >= 0.6 is 23.4 Å². The summed E-state index contributed by atoms with van der Waals surface area (Å²) in [5.74, 6) is 0.111. The number of halogens is 1. The molecule has 0 saturated carbocycles. The average Bonchev–Trinajstić information content (AvgIpc) is 2.68. The molecule has 2 aromatic rings. The van der Waals surface area contributed by atoms with Crippen LogP contribution in [0, 0.1) is 6.92 Å². The first-order valence-electron chi connectivity index (χ1n) is 6.21. The first kappa shape index (κ1) is 15.7. The van der Waals surface area contributed by atoms with E-state index in [1.807, 2.05) is 6.26 Å². The van der Waals surface area contributed by atoms with Crippen molar-refractivity contribution in [3.05, 3.63) is 39.5 Å². The van der Waals surface area contributed by atoms with Crippen molar-refractivity contribution >= 4 is 34.8 Å². The lowest BCUT2D eigenvalue weighted by Crippen LogP contribution is -2.09. The van der Waals surface area contributed by atoms with Crippen LogP contribution < -0.4 is 5.73 Å². The van der Waals surface area contributed by atoms with Crippen molar-refractivity contribution in [3.8, 4) is 5.88 Å². The molecule has 0 radical (unpaired) electrons. The zero-order valence-corrected chi connectivity index (χ0v) is 13.5. The number of hydrogen-bond acceptors (Lipinski definition) is 5. The molecule has 2 rings (SSSR count). The minimum atomic E-state index is -0.300. The van der Waals surface area contributed by atoms with Crippen molar-refractivity contribution in [3.63, 3.8) is 0 Å². The Kier molecular flexibility index (Phi) is 4.49. The van der Waals surface area contributed by atoms with Gasteiger partial charge in [0.15, 0.2) is 0 Å². The van der Waals surface area contributed by atoms with Crippen molar-refractivity contribution < 1.29 is 9.90 Å². The molecule has 3 N–H and O–H groups in total. The number of thioether (sulfide) groups is 1. The molecular formula is C14H16ClN3O2S. The van der Waals surface area contributed by atoms with Gasteiger partial charge in [-0.15, -0.1) is 0 Å². The van der Waals surface area contributed by atoms with Gasteiger partial charge >= 0.3 is 0 Å². The van der Waals surface area contributed by atoms with Gasteiger partial charge < -0.3 is 10.8 Å². The lowest BCUT2D eigenvalue weighted by molar-refractivity contribution is 0.103. The fourth-order valence-electron chi connectivity index (χ4n) is 2.20. The SMILES string of the molecule is CSCc1c(C(=O)c2c(C)nn(C)c2O)ccc(Cl)c1N. The Morgan fingerprint density at radius 3 is 2.71 bits per heavy atom. The van der Waals surface area contributed by atoms with Crippen molar-refractivity contribution in [2.45, 2.75) is 12.7 Å². The molecule has 0 aliphatic carbocycles. The predicted molar refractivity (Wildman–Crippen MR) is 86.1 cm³/mol. The van der Waals surface area contributed by atoms with E-state index in [1.165, 1.54) is 4.68 Å². The van der Waals surface area contributed by atoms with Crippen LogP contribution in [0.2, 0.25) is 5.02 Å². The smallest absolute Gasteiger partial charge is 0.220 e. The third-order valence-electron chi connectivity index (χ3n) is 3.26. The highest BCUT2D eigenvalue weighted by Gasteiger charge is 2.24. The highest BCUT2D eigenvalue weighted by molar-refractivity contribution is 7.97. The van der Waals surface area contributed by atoms with Crippen LogP contribution in [0.4, 0.5) is 5.69 Å². The van der Waals surface area contributed by atoms with Crippen LogP contribution in [0.25, 0.3) is 0 Å². The number of nitrogen functional groups attached to an aromatic ring is 1. The van der Waals surface area contributed by atoms with Crippen molar-refractivity contribution in [2.24, 2.45) is 7.05 Å². The number of carbonyl (C=O) groups is 1. The quantitative estimate of drug-likeness (QED) is 0.667. The van der Waals surface area contributed by atoms with Gasteiger partial charge in [0.2, 0.25) is 11.7 Å². The number of aromatic hydroxyl groups is 1. The van der Waals surface area contributed by atoms with Crippen LogP contribution in [-0.2, 0) is 12.8 Å². The Morgan fingerprint density at radius 2 is 2.19 bits per heavy atom. The van der Waals surface area contributed by atoms with E-state index in [1.54, 1.807) is 37.9 Å².